The van der Waals surface area contributed by atoms with Crippen molar-refractivity contribution < 1.29 is 18.3 Å². The summed E-state index contributed by atoms with van der Waals surface area (Å²) in [5.74, 6) is -3.43. The van der Waals surface area contributed by atoms with Gasteiger partial charge in [-0.15, -0.1) is 0 Å². The normalized spacial score (nSPS) is 12.9. The van der Waals surface area contributed by atoms with E-state index in [1.54, 1.807) is 16.9 Å². The molecule has 2 rings (SSSR count). The van der Waals surface area contributed by atoms with Crippen LogP contribution in [0.5, 0.6) is 0 Å². The van der Waals surface area contributed by atoms with Gasteiger partial charge in [-0.05, 0) is 26.0 Å². The van der Waals surface area contributed by atoms with Crippen LogP contribution >= 0.6 is 0 Å². The van der Waals surface area contributed by atoms with Gasteiger partial charge in [0.15, 0.2) is 11.6 Å². The molecule has 1 unspecified atom stereocenters. The first-order valence-electron chi connectivity index (χ1n) is 6.25. The summed E-state index contributed by atoms with van der Waals surface area (Å²) in [6.45, 7) is 3.89. The topological polar surface area (TPSA) is 38.0 Å². The van der Waals surface area contributed by atoms with E-state index in [9.17, 15) is 18.3 Å². The lowest BCUT2D eigenvalue weighted by molar-refractivity contribution is 0.171. The van der Waals surface area contributed by atoms with E-state index in [1.807, 2.05) is 13.8 Å². The molecule has 0 radical (unpaired) electrons. The lowest BCUT2D eigenvalue weighted by Gasteiger charge is -2.11. The third kappa shape index (κ3) is 3.01. The first-order valence-corrected chi connectivity index (χ1v) is 6.25. The van der Waals surface area contributed by atoms with Crippen LogP contribution in [0.25, 0.3) is 0 Å². The average Bonchev–Trinajstić information content (AvgIpc) is 2.82. The molecule has 2 aromatic rings. The summed E-state index contributed by atoms with van der Waals surface area (Å²) in [6, 6.07) is 2.97. The van der Waals surface area contributed by atoms with Gasteiger partial charge in [0.2, 0.25) is 0 Å². The predicted octanol–water partition coefficient (Wildman–Crippen LogP) is 3.16. The Bertz CT molecular complexity index is 610. The van der Waals surface area contributed by atoms with Crippen molar-refractivity contribution in [2.75, 3.05) is 0 Å². The molecule has 0 aliphatic carbocycles. The molecule has 3 nitrogen and oxygen atoms in total. The summed E-state index contributed by atoms with van der Waals surface area (Å²) in [5, 5.41) is 14.2. The van der Waals surface area contributed by atoms with Crippen molar-refractivity contribution >= 4 is 0 Å². The van der Waals surface area contributed by atoms with Gasteiger partial charge < -0.3 is 5.11 Å². The van der Waals surface area contributed by atoms with E-state index in [-0.39, 0.29) is 18.0 Å². The standard InChI is InChI=1S/C14H15F3N2O/c1-8(2)19-4-3-9(18-19)5-14(20)10-6-12(16)13(17)7-11(10)15/h3-4,6-8,14,20H,5H2,1-2H3. The van der Waals surface area contributed by atoms with E-state index in [2.05, 4.69) is 5.10 Å². The fourth-order valence-electron chi connectivity index (χ4n) is 1.88. The van der Waals surface area contributed by atoms with E-state index in [1.165, 1.54) is 0 Å². The summed E-state index contributed by atoms with van der Waals surface area (Å²) < 4.78 is 41.1. The molecule has 1 heterocycles. The maximum absolute atomic E-state index is 13.5. The fourth-order valence-corrected chi connectivity index (χ4v) is 1.88. The first kappa shape index (κ1) is 14.6. The Labute approximate surface area is 114 Å². The Hall–Kier alpha value is -1.82. The Morgan fingerprint density at radius 3 is 2.40 bits per heavy atom. The van der Waals surface area contributed by atoms with Crippen molar-refractivity contribution in [3.8, 4) is 0 Å². The molecule has 1 aromatic heterocycles. The van der Waals surface area contributed by atoms with Crippen LogP contribution in [0.4, 0.5) is 13.2 Å². The smallest absolute Gasteiger partial charge is 0.161 e. The molecule has 6 heteroatoms. The summed E-state index contributed by atoms with van der Waals surface area (Å²) in [7, 11) is 0. The van der Waals surface area contributed by atoms with E-state index in [0.29, 0.717) is 17.8 Å². The SMILES string of the molecule is CC(C)n1ccc(CC(O)c2cc(F)c(F)cc2F)n1. The Kier molecular flexibility index (Phi) is 4.13. The molecule has 1 N–H and O–H groups in total. The highest BCUT2D eigenvalue weighted by Crippen LogP contribution is 2.23. The maximum atomic E-state index is 13.5. The van der Waals surface area contributed by atoms with Crippen LogP contribution in [0.1, 0.15) is 37.3 Å². The van der Waals surface area contributed by atoms with Gasteiger partial charge in [-0.2, -0.15) is 5.10 Å². The lowest BCUT2D eigenvalue weighted by atomic mass is 10.0. The molecule has 0 bridgehead atoms. The number of hydrogen-bond acceptors (Lipinski definition) is 2. The third-order valence-electron chi connectivity index (χ3n) is 2.99. The molecule has 0 spiro atoms. The van der Waals surface area contributed by atoms with Gasteiger partial charge in [-0.1, -0.05) is 0 Å². The molecule has 20 heavy (non-hydrogen) atoms. The molecular weight excluding hydrogens is 269 g/mol. The summed E-state index contributed by atoms with van der Waals surface area (Å²) in [5.41, 5.74) is 0.276. The van der Waals surface area contributed by atoms with Crippen LogP contribution in [-0.2, 0) is 6.42 Å². The van der Waals surface area contributed by atoms with E-state index in [4.69, 9.17) is 0 Å². The number of hydrogen-bond donors (Lipinski definition) is 1. The van der Waals surface area contributed by atoms with Crippen LogP contribution in [0.15, 0.2) is 24.4 Å². The molecule has 0 saturated heterocycles. The average molecular weight is 284 g/mol. The zero-order valence-electron chi connectivity index (χ0n) is 11.1. The number of nitrogens with zero attached hydrogens (tertiary/aromatic N) is 2. The van der Waals surface area contributed by atoms with Gasteiger partial charge in [0.25, 0.3) is 0 Å². The molecule has 1 atom stereocenters. The number of benzene rings is 1. The van der Waals surface area contributed by atoms with Gasteiger partial charge in [0.05, 0.1) is 11.8 Å². The summed E-state index contributed by atoms with van der Waals surface area (Å²) in [4.78, 5) is 0. The lowest BCUT2D eigenvalue weighted by Crippen LogP contribution is -2.08. The minimum Gasteiger partial charge on any atom is -0.388 e. The largest absolute Gasteiger partial charge is 0.388 e. The summed E-state index contributed by atoms with van der Waals surface area (Å²) in [6.07, 6.45) is 0.497. The van der Waals surface area contributed by atoms with Gasteiger partial charge >= 0.3 is 0 Å². The van der Waals surface area contributed by atoms with E-state index < -0.39 is 23.6 Å². The zero-order chi connectivity index (χ0) is 14.9. The van der Waals surface area contributed by atoms with Crippen LogP contribution in [-0.4, -0.2) is 14.9 Å². The monoisotopic (exact) mass is 284 g/mol. The highest BCUT2D eigenvalue weighted by Gasteiger charge is 2.18. The van der Waals surface area contributed by atoms with Crippen molar-refractivity contribution in [3.05, 3.63) is 53.1 Å². The van der Waals surface area contributed by atoms with Crippen molar-refractivity contribution in [2.24, 2.45) is 0 Å². The molecule has 0 aliphatic rings. The second-order valence-corrected chi connectivity index (χ2v) is 4.89. The third-order valence-corrected chi connectivity index (χ3v) is 2.99. The highest BCUT2D eigenvalue weighted by molar-refractivity contribution is 5.23. The van der Waals surface area contributed by atoms with Crippen LogP contribution < -0.4 is 0 Å². The van der Waals surface area contributed by atoms with E-state index in [0.717, 1.165) is 0 Å². The Morgan fingerprint density at radius 1 is 1.15 bits per heavy atom. The predicted molar refractivity (Wildman–Crippen MR) is 67.6 cm³/mol. The first-order chi connectivity index (χ1) is 9.38. The molecule has 0 fully saturated rings. The Balaban J connectivity index is 2.19. The Morgan fingerprint density at radius 2 is 1.80 bits per heavy atom. The number of aliphatic hydroxyl groups is 1. The number of rotatable bonds is 4. The molecule has 1 aromatic carbocycles. The second-order valence-electron chi connectivity index (χ2n) is 4.89. The minimum absolute atomic E-state index is 0.0295. The maximum Gasteiger partial charge on any atom is 0.161 e. The zero-order valence-corrected chi connectivity index (χ0v) is 11.1. The minimum atomic E-state index is -1.28. The number of aliphatic hydroxyl groups excluding tert-OH is 1. The molecule has 108 valence electrons. The summed E-state index contributed by atoms with van der Waals surface area (Å²) >= 11 is 0. The van der Waals surface area contributed by atoms with Crippen molar-refractivity contribution in [3.63, 3.8) is 0 Å². The van der Waals surface area contributed by atoms with Crippen LogP contribution in [0.3, 0.4) is 0 Å². The van der Waals surface area contributed by atoms with Crippen molar-refractivity contribution in [2.45, 2.75) is 32.4 Å². The van der Waals surface area contributed by atoms with Gasteiger partial charge in [-0.25, -0.2) is 13.2 Å². The van der Waals surface area contributed by atoms with Crippen molar-refractivity contribution in [1.29, 1.82) is 0 Å². The quantitative estimate of drug-likeness (QED) is 0.876. The molecule has 0 amide bonds. The molecular formula is C14H15F3N2O. The number of aromatic nitrogens is 2. The molecule has 0 aliphatic heterocycles. The highest BCUT2D eigenvalue weighted by atomic mass is 19.2. The molecule has 0 saturated carbocycles. The number of halogens is 3. The van der Waals surface area contributed by atoms with Crippen LogP contribution in [0.2, 0.25) is 0 Å². The van der Waals surface area contributed by atoms with E-state index >= 15 is 0 Å². The fraction of sp³-hybridized carbons (Fsp3) is 0.357. The van der Waals surface area contributed by atoms with Gasteiger partial charge in [0, 0.05) is 30.3 Å². The van der Waals surface area contributed by atoms with Gasteiger partial charge in [0.1, 0.15) is 5.82 Å². The van der Waals surface area contributed by atoms with Crippen LogP contribution in [0, 0.1) is 17.5 Å². The second kappa shape index (κ2) is 5.66. The van der Waals surface area contributed by atoms with Gasteiger partial charge in [-0.3, -0.25) is 4.68 Å². The van der Waals surface area contributed by atoms with Crippen molar-refractivity contribution in [1.82, 2.24) is 9.78 Å².